The Bertz CT molecular complexity index is 602. The third-order valence-electron chi connectivity index (χ3n) is 5.25. The Kier molecular flexibility index (Phi) is 6.06. The van der Waals surface area contributed by atoms with Crippen molar-refractivity contribution >= 4 is 5.82 Å². The lowest BCUT2D eigenvalue weighted by Gasteiger charge is -2.23. The molecule has 5 nitrogen and oxygen atoms in total. The van der Waals surface area contributed by atoms with Gasteiger partial charge in [-0.05, 0) is 43.2 Å². The number of pyridine rings is 1. The second-order valence-electron chi connectivity index (χ2n) is 6.92. The molecule has 130 valence electrons. The lowest BCUT2D eigenvalue weighted by atomic mass is 9.87. The first-order valence-electron chi connectivity index (χ1n) is 9.48. The van der Waals surface area contributed by atoms with Gasteiger partial charge in [-0.1, -0.05) is 6.92 Å². The maximum atomic E-state index is 9.71. The number of nitriles is 1. The van der Waals surface area contributed by atoms with Crippen molar-refractivity contribution in [2.75, 3.05) is 44.7 Å². The molecule has 0 spiro atoms. The largest absolute Gasteiger partial charge is 0.370 e. The predicted molar refractivity (Wildman–Crippen MR) is 93.2 cm³/mol. The number of anilines is 1. The summed E-state index contributed by atoms with van der Waals surface area (Å²) in [4.78, 5) is 5.15. The van der Waals surface area contributed by atoms with Crippen molar-refractivity contribution in [3.05, 3.63) is 22.4 Å². The number of morpholine rings is 1. The maximum absolute atomic E-state index is 9.71. The number of fused-ring (bicyclic) bond motifs is 1. The van der Waals surface area contributed by atoms with E-state index in [9.17, 15) is 5.26 Å². The number of H-pyrrole nitrogens is 1. The molecule has 1 aromatic heterocycles. The highest BCUT2D eigenvalue weighted by atomic mass is 16.5. The smallest absolute Gasteiger partial charge is 0.291 e. The Hall–Kier alpha value is -1.64. The quantitative estimate of drug-likeness (QED) is 0.800. The summed E-state index contributed by atoms with van der Waals surface area (Å²) in [6.07, 6.45) is 6.81. The number of hydrogen-bond donors (Lipinski definition) is 2. The molecule has 24 heavy (non-hydrogen) atoms. The first-order valence-corrected chi connectivity index (χ1v) is 9.48. The second kappa shape index (κ2) is 8.46. The molecule has 0 unspecified atom stereocenters. The summed E-state index contributed by atoms with van der Waals surface area (Å²) in [6.45, 7) is 8.08. The summed E-state index contributed by atoms with van der Waals surface area (Å²) < 4.78 is 5.42. The van der Waals surface area contributed by atoms with Crippen LogP contribution in [0, 0.1) is 11.3 Å². The van der Waals surface area contributed by atoms with Gasteiger partial charge < -0.3 is 9.64 Å². The predicted octanol–water partition coefficient (Wildman–Crippen LogP) is 0.531. The van der Waals surface area contributed by atoms with Gasteiger partial charge in [-0.3, -0.25) is 5.32 Å². The Labute approximate surface area is 145 Å². The molecule has 0 radical (unpaired) electrons. The molecule has 1 saturated heterocycles. The molecule has 5 heteroatoms. The normalized spacial score (nSPS) is 18.0. The fourth-order valence-electron chi connectivity index (χ4n) is 3.95. The molecule has 1 aliphatic carbocycles. The monoisotopic (exact) mass is 330 g/mol. The van der Waals surface area contributed by atoms with E-state index in [-0.39, 0.29) is 0 Å². The minimum absolute atomic E-state index is 0.849. The average molecular weight is 330 g/mol. The van der Waals surface area contributed by atoms with Crippen molar-refractivity contribution < 1.29 is 14.6 Å². The van der Waals surface area contributed by atoms with E-state index in [1.165, 1.54) is 29.7 Å². The van der Waals surface area contributed by atoms with E-state index >= 15 is 0 Å². The number of nitrogens with zero attached hydrogens (tertiary/aromatic N) is 1. The minimum Gasteiger partial charge on any atom is -0.370 e. The van der Waals surface area contributed by atoms with Crippen LogP contribution < -0.4 is 15.2 Å². The Morgan fingerprint density at radius 1 is 1.21 bits per heavy atom. The van der Waals surface area contributed by atoms with E-state index in [1.807, 2.05) is 0 Å². The van der Waals surface area contributed by atoms with Crippen LogP contribution in [0.5, 0.6) is 0 Å². The third kappa shape index (κ3) is 3.88. The van der Waals surface area contributed by atoms with Gasteiger partial charge in [-0.25, -0.2) is 4.98 Å². The topological polar surface area (TPSA) is 63.6 Å². The van der Waals surface area contributed by atoms with Gasteiger partial charge in [-0.2, -0.15) is 5.26 Å². The van der Waals surface area contributed by atoms with Crippen molar-refractivity contribution in [2.45, 2.75) is 45.4 Å². The standard InChI is InChI=1S/C19H28N4O/c1-2-5-18-16-7-4-3-6-15(16)17(14-20)19(22-18)21-8-9-23-10-12-24-13-11-23/h2-13H2,1H3,(H,21,22)/p+2. The Morgan fingerprint density at radius 3 is 2.67 bits per heavy atom. The summed E-state index contributed by atoms with van der Waals surface area (Å²) in [5, 5.41) is 13.2. The molecular formula is C19H30N4O+2. The number of aryl methyl sites for hydroxylation is 1. The van der Waals surface area contributed by atoms with Gasteiger partial charge in [0.15, 0.2) is 0 Å². The second-order valence-corrected chi connectivity index (χ2v) is 6.92. The highest BCUT2D eigenvalue weighted by molar-refractivity contribution is 5.56. The van der Waals surface area contributed by atoms with Crippen LogP contribution in [0.4, 0.5) is 5.82 Å². The van der Waals surface area contributed by atoms with Gasteiger partial charge in [0.2, 0.25) is 0 Å². The van der Waals surface area contributed by atoms with Crippen LogP contribution in [-0.4, -0.2) is 39.4 Å². The van der Waals surface area contributed by atoms with Crippen LogP contribution in [0.3, 0.4) is 0 Å². The van der Waals surface area contributed by atoms with Gasteiger partial charge in [0.25, 0.3) is 5.82 Å². The van der Waals surface area contributed by atoms with E-state index in [4.69, 9.17) is 4.74 Å². The van der Waals surface area contributed by atoms with Gasteiger partial charge >= 0.3 is 0 Å². The Morgan fingerprint density at radius 2 is 1.96 bits per heavy atom. The minimum atomic E-state index is 0.849. The zero-order valence-corrected chi connectivity index (χ0v) is 14.8. The summed E-state index contributed by atoms with van der Waals surface area (Å²) in [6, 6.07) is 2.46. The first kappa shape index (κ1) is 17.2. The highest BCUT2D eigenvalue weighted by Crippen LogP contribution is 2.28. The zero-order chi connectivity index (χ0) is 16.8. The van der Waals surface area contributed by atoms with Crippen LogP contribution in [0.1, 0.15) is 48.6 Å². The number of ether oxygens (including phenoxy) is 1. The van der Waals surface area contributed by atoms with E-state index in [2.05, 4.69) is 23.3 Å². The fourth-order valence-corrected chi connectivity index (χ4v) is 3.95. The zero-order valence-electron chi connectivity index (χ0n) is 14.8. The van der Waals surface area contributed by atoms with Gasteiger partial charge in [-0.15, -0.1) is 0 Å². The van der Waals surface area contributed by atoms with Gasteiger partial charge in [0, 0.05) is 6.42 Å². The number of nitrogens with one attached hydrogen (secondary N) is 3. The number of aromatic nitrogens is 1. The molecule has 3 N–H and O–H groups in total. The lowest BCUT2D eigenvalue weighted by Crippen LogP contribution is -3.14. The molecule has 0 aromatic carbocycles. The number of aromatic amines is 1. The van der Waals surface area contributed by atoms with E-state index in [1.54, 1.807) is 4.90 Å². The van der Waals surface area contributed by atoms with Crippen molar-refractivity contribution in [3.63, 3.8) is 0 Å². The fraction of sp³-hybridized carbons (Fsp3) is 0.684. The molecule has 0 atom stereocenters. The summed E-state index contributed by atoms with van der Waals surface area (Å²) in [5.74, 6) is 0.939. The molecule has 2 heterocycles. The van der Waals surface area contributed by atoms with Crippen molar-refractivity contribution in [3.8, 4) is 6.07 Å². The van der Waals surface area contributed by atoms with Crippen LogP contribution in [0.25, 0.3) is 0 Å². The van der Waals surface area contributed by atoms with E-state index in [0.717, 1.165) is 76.5 Å². The molecule has 2 aliphatic rings. The SMILES string of the molecule is CCCc1[nH+]c(NCC[NH+]2CCOCC2)c(C#N)c2c1CCCC2. The highest BCUT2D eigenvalue weighted by Gasteiger charge is 2.25. The van der Waals surface area contributed by atoms with Crippen molar-refractivity contribution in [1.82, 2.24) is 0 Å². The molecule has 3 rings (SSSR count). The Balaban J connectivity index is 1.75. The van der Waals surface area contributed by atoms with Crippen LogP contribution in [0.15, 0.2) is 0 Å². The van der Waals surface area contributed by atoms with Crippen LogP contribution in [-0.2, 0) is 24.0 Å². The molecule has 0 bridgehead atoms. The maximum Gasteiger partial charge on any atom is 0.291 e. The third-order valence-corrected chi connectivity index (χ3v) is 5.25. The number of hydrogen-bond acceptors (Lipinski definition) is 3. The average Bonchev–Trinajstić information content (AvgIpc) is 2.63. The summed E-state index contributed by atoms with van der Waals surface area (Å²) in [7, 11) is 0. The molecule has 0 saturated carbocycles. The van der Waals surface area contributed by atoms with Crippen LogP contribution >= 0.6 is 0 Å². The van der Waals surface area contributed by atoms with Crippen LogP contribution in [0.2, 0.25) is 0 Å². The summed E-state index contributed by atoms with van der Waals surface area (Å²) >= 11 is 0. The molecule has 0 amide bonds. The lowest BCUT2D eigenvalue weighted by molar-refractivity contribution is -0.906. The van der Waals surface area contributed by atoms with E-state index < -0.39 is 0 Å². The molecular weight excluding hydrogens is 300 g/mol. The van der Waals surface area contributed by atoms with Gasteiger partial charge in [0.05, 0.1) is 13.2 Å². The van der Waals surface area contributed by atoms with Crippen molar-refractivity contribution in [2.24, 2.45) is 0 Å². The number of rotatable bonds is 6. The first-order chi connectivity index (χ1) is 11.8. The molecule has 1 aromatic rings. The van der Waals surface area contributed by atoms with E-state index in [0.29, 0.717) is 0 Å². The molecule has 1 fully saturated rings. The van der Waals surface area contributed by atoms with Crippen molar-refractivity contribution in [1.29, 1.82) is 5.26 Å². The summed E-state index contributed by atoms with van der Waals surface area (Å²) in [5.41, 5.74) is 4.91. The van der Waals surface area contributed by atoms with Gasteiger partial charge in [0.1, 0.15) is 43.5 Å². The number of quaternary nitrogens is 1. The molecule has 1 aliphatic heterocycles.